The molecule has 1 aromatic carbocycles. The van der Waals surface area contributed by atoms with Crippen molar-refractivity contribution in [3.8, 4) is 0 Å². The van der Waals surface area contributed by atoms with Gasteiger partial charge in [-0.25, -0.2) is 4.39 Å². The van der Waals surface area contributed by atoms with E-state index in [1.807, 2.05) is 4.90 Å². The largest absolute Gasteiger partial charge is 0.339 e. The van der Waals surface area contributed by atoms with Gasteiger partial charge in [0.25, 0.3) is 0 Å². The molecule has 1 aromatic rings. The number of halogens is 1. The highest BCUT2D eigenvalue weighted by Gasteiger charge is 2.12. The number of rotatable bonds is 2. The van der Waals surface area contributed by atoms with Crippen LogP contribution in [0, 0.1) is 5.82 Å². The Balaban J connectivity index is 1.95. The van der Waals surface area contributed by atoms with Crippen LogP contribution in [0.15, 0.2) is 30.3 Å². The van der Waals surface area contributed by atoms with Crippen molar-refractivity contribution in [1.29, 1.82) is 0 Å². The summed E-state index contributed by atoms with van der Waals surface area (Å²) in [5.41, 5.74) is 0.847. The van der Waals surface area contributed by atoms with Gasteiger partial charge in [0.2, 0.25) is 5.91 Å². The Morgan fingerprint density at radius 2 is 1.67 bits per heavy atom. The Hall–Kier alpha value is -1.64. The van der Waals surface area contributed by atoms with Crippen molar-refractivity contribution in [2.75, 3.05) is 13.1 Å². The molecule has 18 heavy (non-hydrogen) atoms. The smallest absolute Gasteiger partial charge is 0.246 e. The zero-order chi connectivity index (χ0) is 12.8. The van der Waals surface area contributed by atoms with Crippen molar-refractivity contribution < 1.29 is 9.18 Å². The summed E-state index contributed by atoms with van der Waals surface area (Å²) in [5.74, 6) is -0.202. The van der Waals surface area contributed by atoms with Gasteiger partial charge < -0.3 is 4.90 Å². The Bertz CT molecular complexity index is 417. The zero-order valence-corrected chi connectivity index (χ0v) is 10.4. The third-order valence-electron chi connectivity index (χ3n) is 3.21. The summed E-state index contributed by atoms with van der Waals surface area (Å²) in [6.45, 7) is 1.71. The highest BCUT2D eigenvalue weighted by atomic mass is 19.1. The average molecular weight is 247 g/mol. The van der Waals surface area contributed by atoms with Crippen LogP contribution >= 0.6 is 0 Å². The zero-order valence-electron chi connectivity index (χ0n) is 10.4. The molecule has 0 bridgehead atoms. The molecule has 0 spiro atoms. The third-order valence-corrected chi connectivity index (χ3v) is 3.21. The number of hydrogen-bond acceptors (Lipinski definition) is 1. The van der Waals surface area contributed by atoms with Crippen LogP contribution in [0.25, 0.3) is 6.08 Å². The normalized spacial score (nSPS) is 16.8. The van der Waals surface area contributed by atoms with Crippen molar-refractivity contribution in [2.24, 2.45) is 0 Å². The molecule has 1 heterocycles. The van der Waals surface area contributed by atoms with E-state index in [-0.39, 0.29) is 11.7 Å². The summed E-state index contributed by atoms with van der Waals surface area (Å²) < 4.78 is 12.7. The lowest BCUT2D eigenvalue weighted by Crippen LogP contribution is -2.30. The molecule has 0 aromatic heterocycles. The molecule has 1 aliphatic rings. The van der Waals surface area contributed by atoms with E-state index in [0.29, 0.717) is 0 Å². The fraction of sp³-hybridized carbons (Fsp3) is 0.400. The number of likely N-dealkylation sites (tertiary alicyclic amines) is 1. The molecule has 1 fully saturated rings. The third kappa shape index (κ3) is 3.69. The van der Waals surface area contributed by atoms with Crippen LogP contribution in [-0.4, -0.2) is 23.9 Å². The van der Waals surface area contributed by atoms with Gasteiger partial charge in [-0.1, -0.05) is 25.0 Å². The van der Waals surface area contributed by atoms with Gasteiger partial charge in [-0.05, 0) is 36.6 Å². The number of benzene rings is 1. The van der Waals surface area contributed by atoms with Crippen molar-refractivity contribution >= 4 is 12.0 Å². The van der Waals surface area contributed by atoms with E-state index in [1.54, 1.807) is 24.3 Å². The first-order valence-corrected chi connectivity index (χ1v) is 6.48. The predicted octanol–water partition coefficient (Wildman–Crippen LogP) is 3.24. The van der Waals surface area contributed by atoms with E-state index in [0.717, 1.165) is 31.5 Å². The summed E-state index contributed by atoms with van der Waals surface area (Å²) in [5, 5.41) is 0. The molecule has 3 heteroatoms. The Kier molecular flexibility index (Phi) is 4.51. The first kappa shape index (κ1) is 12.8. The Labute approximate surface area is 107 Å². The minimum atomic E-state index is -0.258. The highest BCUT2D eigenvalue weighted by molar-refractivity contribution is 5.91. The second-order valence-electron chi connectivity index (χ2n) is 4.62. The van der Waals surface area contributed by atoms with Gasteiger partial charge in [-0.15, -0.1) is 0 Å². The molecule has 0 N–H and O–H groups in total. The van der Waals surface area contributed by atoms with Crippen molar-refractivity contribution in [3.05, 3.63) is 41.7 Å². The van der Waals surface area contributed by atoms with Gasteiger partial charge in [0.05, 0.1) is 0 Å². The second-order valence-corrected chi connectivity index (χ2v) is 4.62. The van der Waals surface area contributed by atoms with Crippen LogP contribution in [-0.2, 0) is 4.79 Å². The van der Waals surface area contributed by atoms with Crippen molar-refractivity contribution in [2.45, 2.75) is 25.7 Å². The summed E-state index contributed by atoms with van der Waals surface area (Å²) >= 11 is 0. The van der Waals surface area contributed by atoms with Crippen LogP contribution in [0.3, 0.4) is 0 Å². The highest BCUT2D eigenvalue weighted by Crippen LogP contribution is 2.11. The van der Waals surface area contributed by atoms with Crippen molar-refractivity contribution in [3.63, 3.8) is 0 Å². The molecule has 0 radical (unpaired) electrons. The van der Waals surface area contributed by atoms with E-state index in [2.05, 4.69) is 0 Å². The number of carbonyl (C=O) groups is 1. The summed E-state index contributed by atoms with van der Waals surface area (Å²) in [6.07, 6.45) is 7.94. The number of amides is 1. The van der Waals surface area contributed by atoms with Crippen LogP contribution < -0.4 is 0 Å². The van der Waals surface area contributed by atoms with Crippen LogP contribution in [0.5, 0.6) is 0 Å². The molecular formula is C15H18FNO. The minimum absolute atomic E-state index is 0.0567. The van der Waals surface area contributed by atoms with E-state index in [4.69, 9.17) is 0 Å². The molecule has 0 unspecified atom stereocenters. The standard InChI is InChI=1S/C15H18FNO/c16-14-8-5-13(6-9-14)7-10-15(18)17-11-3-1-2-4-12-17/h5-10H,1-4,11-12H2. The minimum Gasteiger partial charge on any atom is -0.339 e. The topological polar surface area (TPSA) is 20.3 Å². The molecule has 2 nitrogen and oxygen atoms in total. The Morgan fingerprint density at radius 1 is 1.06 bits per heavy atom. The predicted molar refractivity (Wildman–Crippen MR) is 70.5 cm³/mol. The van der Waals surface area contributed by atoms with E-state index >= 15 is 0 Å². The molecule has 96 valence electrons. The first-order chi connectivity index (χ1) is 8.75. The van der Waals surface area contributed by atoms with Crippen LogP contribution in [0.4, 0.5) is 4.39 Å². The molecule has 0 aliphatic carbocycles. The molecule has 1 amide bonds. The quantitative estimate of drug-likeness (QED) is 0.735. The number of carbonyl (C=O) groups excluding carboxylic acids is 1. The van der Waals surface area contributed by atoms with Crippen molar-refractivity contribution in [1.82, 2.24) is 4.90 Å². The molecule has 0 saturated carbocycles. The van der Waals surface area contributed by atoms with Gasteiger partial charge in [-0.3, -0.25) is 4.79 Å². The van der Waals surface area contributed by atoms with Gasteiger partial charge >= 0.3 is 0 Å². The molecule has 1 aliphatic heterocycles. The SMILES string of the molecule is O=C(C=Cc1ccc(F)cc1)N1CCCCCC1. The molecule has 0 atom stereocenters. The fourth-order valence-electron chi connectivity index (χ4n) is 2.14. The van der Waals surface area contributed by atoms with Gasteiger partial charge in [-0.2, -0.15) is 0 Å². The average Bonchev–Trinajstić information content (AvgIpc) is 2.66. The van der Waals surface area contributed by atoms with E-state index in [1.165, 1.54) is 25.0 Å². The van der Waals surface area contributed by atoms with Crippen LogP contribution in [0.2, 0.25) is 0 Å². The maximum atomic E-state index is 12.7. The number of nitrogens with zero attached hydrogens (tertiary/aromatic N) is 1. The monoisotopic (exact) mass is 247 g/mol. The lowest BCUT2D eigenvalue weighted by molar-refractivity contribution is -0.125. The molecular weight excluding hydrogens is 229 g/mol. The lowest BCUT2D eigenvalue weighted by atomic mass is 10.2. The molecule has 2 rings (SSSR count). The second kappa shape index (κ2) is 6.34. The summed E-state index contributed by atoms with van der Waals surface area (Å²) in [6, 6.07) is 6.13. The number of hydrogen-bond donors (Lipinski definition) is 0. The Morgan fingerprint density at radius 3 is 2.28 bits per heavy atom. The maximum Gasteiger partial charge on any atom is 0.246 e. The summed E-state index contributed by atoms with van der Waals surface area (Å²) in [7, 11) is 0. The van der Waals surface area contributed by atoms with Gasteiger partial charge in [0.15, 0.2) is 0 Å². The summed E-state index contributed by atoms with van der Waals surface area (Å²) in [4.78, 5) is 13.9. The maximum absolute atomic E-state index is 12.7. The lowest BCUT2D eigenvalue weighted by Gasteiger charge is -2.17. The van der Waals surface area contributed by atoms with E-state index in [9.17, 15) is 9.18 Å². The van der Waals surface area contributed by atoms with Gasteiger partial charge in [0.1, 0.15) is 5.82 Å². The van der Waals surface area contributed by atoms with E-state index < -0.39 is 0 Å². The molecule has 1 saturated heterocycles. The van der Waals surface area contributed by atoms with Crippen LogP contribution in [0.1, 0.15) is 31.2 Å². The van der Waals surface area contributed by atoms with Gasteiger partial charge in [0, 0.05) is 19.2 Å². The first-order valence-electron chi connectivity index (χ1n) is 6.48. The fourth-order valence-corrected chi connectivity index (χ4v) is 2.14.